The lowest BCUT2D eigenvalue weighted by molar-refractivity contribution is -0.146. The van der Waals surface area contributed by atoms with Crippen LogP contribution in [0.5, 0.6) is 5.75 Å². The first-order valence-corrected chi connectivity index (χ1v) is 17.1. The fourth-order valence-corrected chi connectivity index (χ4v) is 8.96. The number of unbranched alkanes of at least 4 members (excludes halogenated alkanes) is 1. The van der Waals surface area contributed by atoms with Crippen LogP contribution in [0.25, 0.3) is 21.0 Å². The maximum Gasteiger partial charge on any atom is 0.333 e. The first-order valence-electron chi connectivity index (χ1n) is 16.3. The van der Waals surface area contributed by atoms with Crippen LogP contribution in [-0.2, 0) is 21.6 Å². The molecule has 3 heterocycles. The van der Waals surface area contributed by atoms with Gasteiger partial charge in [-0.3, -0.25) is 9.36 Å². The Morgan fingerprint density at radius 1 is 1.21 bits per heavy atom. The van der Waals surface area contributed by atoms with Crippen LogP contribution < -0.4 is 16.0 Å². The minimum atomic E-state index is -1.83. The highest BCUT2D eigenvalue weighted by atomic mass is 32.1. The molecule has 0 spiro atoms. The molecule has 3 atom stereocenters. The molecule has 0 saturated heterocycles. The lowest BCUT2D eigenvalue weighted by Crippen LogP contribution is -2.52. The molecule has 11 nitrogen and oxygen atoms in total. The molecule has 3 unspecified atom stereocenters. The fraction of sp³-hybridized carbons (Fsp3) is 0.543. The van der Waals surface area contributed by atoms with Crippen LogP contribution in [0.4, 0.5) is 0 Å². The number of benzene rings is 1. The number of aromatic nitrogens is 3. The van der Waals surface area contributed by atoms with Crippen molar-refractivity contribution in [3.63, 3.8) is 0 Å². The Morgan fingerprint density at radius 2 is 1.91 bits per heavy atom. The first-order chi connectivity index (χ1) is 22.4. The Kier molecular flexibility index (Phi) is 8.96. The van der Waals surface area contributed by atoms with Gasteiger partial charge in [-0.1, -0.05) is 38.0 Å². The summed E-state index contributed by atoms with van der Waals surface area (Å²) in [6, 6.07) is 7.49. The zero-order valence-electron chi connectivity index (χ0n) is 27.5. The smallest absolute Gasteiger partial charge is 0.333 e. The van der Waals surface area contributed by atoms with Crippen LogP contribution in [0.15, 0.2) is 50.7 Å². The Labute approximate surface area is 276 Å². The summed E-state index contributed by atoms with van der Waals surface area (Å²) in [5.41, 5.74) is -2.59. The highest BCUT2D eigenvalue weighted by molar-refractivity contribution is 7.22. The van der Waals surface area contributed by atoms with E-state index in [9.17, 15) is 24.6 Å². The second-order valence-corrected chi connectivity index (χ2v) is 14.7. The topological polar surface area (TPSA) is 146 Å². The number of rotatable bonds is 12. The van der Waals surface area contributed by atoms with E-state index in [4.69, 9.17) is 13.9 Å². The Balaban J connectivity index is 1.45. The normalized spacial score (nSPS) is 23.3. The van der Waals surface area contributed by atoms with Gasteiger partial charge >= 0.3 is 11.7 Å². The van der Waals surface area contributed by atoms with Gasteiger partial charge < -0.3 is 24.1 Å². The van der Waals surface area contributed by atoms with Crippen molar-refractivity contribution in [3.8, 4) is 16.5 Å². The van der Waals surface area contributed by atoms with Crippen molar-refractivity contribution < 1.29 is 28.9 Å². The van der Waals surface area contributed by atoms with Crippen LogP contribution in [0.3, 0.4) is 0 Å². The van der Waals surface area contributed by atoms with Gasteiger partial charge in [-0.15, -0.1) is 11.3 Å². The van der Waals surface area contributed by atoms with E-state index in [0.717, 1.165) is 55.1 Å². The number of carbonyl (C=O) groups is 1. The van der Waals surface area contributed by atoms with Gasteiger partial charge in [0.15, 0.2) is 0 Å². The predicted molar refractivity (Wildman–Crippen MR) is 178 cm³/mol. The molecule has 252 valence electrons. The summed E-state index contributed by atoms with van der Waals surface area (Å²) in [5.74, 6) is 0.306. The molecule has 2 aliphatic rings. The number of ether oxygens (including phenoxy) is 2. The molecule has 6 rings (SSSR count). The van der Waals surface area contributed by atoms with E-state index in [-0.39, 0.29) is 18.0 Å². The quantitative estimate of drug-likeness (QED) is 0.189. The number of methoxy groups -OCH3 is 1. The number of aliphatic hydroxyl groups is 1. The lowest BCUT2D eigenvalue weighted by Gasteiger charge is -2.28. The number of oxazole rings is 1. The molecule has 2 saturated carbocycles. The van der Waals surface area contributed by atoms with Gasteiger partial charge in [0.25, 0.3) is 5.56 Å². The van der Waals surface area contributed by atoms with E-state index < -0.39 is 34.5 Å². The largest absolute Gasteiger partial charge is 0.496 e. The van der Waals surface area contributed by atoms with E-state index in [1.165, 1.54) is 42.2 Å². The number of thiophene rings is 1. The number of aryl methyl sites for hydroxylation is 1. The van der Waals surface area contributed by atoms with Crippen molar-refractivity contribution in [1.82, 2.24) is 14.1 Å². The van der Waals surface area contributed by atoms with Gasteiger partial charge in [-0.2, -0.15) is 0 Å². The molecule has 2 fully saturated rings. The fourth-order valence-electron chi connectivity index (χ4n) is 7.72. The van der Waals surface area contributed by atoms with Gasteiger partial charge in [-0.05, 0) is 76.3 Å². The number of nitrogens with zero attached hydrogens (tertiary/aromatic N) is 3. The second-order valence-electron chi connectivity index (χ2n) is 13.7. The molecule has 2 aliphatic carbocycles. The third-order valence-electron chi connectivity index (χ3n) is 10.2. The predicted octanol–water partition coefficient (Wildman–Crippen LogP) is 5.88. The van der Waals surface area contributed by atoms with Gasteiger partial charge in [0, 0.05) is 5.56 Å². The third kappa shape index (κ3) is 5.95. The van der Waals surface area contributed by atoms with Gasteiger partial charge in [0.2, 0.25) is 5.89 Å². The monoisotopic (exact) mass is 665 g/mol. The van der Waals surface area contributed by atoms with Crippen molar-refractivity contribution in [1.29, 1.82) is 0 Å². The summed E-state index contributed by atoms with van der Waals surface area (Å²) in [6.07, 6.45) is 8.18. The van der Waals surface area contributed by atoms with E-state index >= 15 is 0 Å². The average Bonchev–Trinajstić information content (AvgIpc) is 3.81. The Morgan fingerprint density at radius 3 is 2.53 bits per heavy atom. The van der Waals surface area contributed by atoms with E-state index in [1.54, 1.807) is 14.0 Å². The molecule has 12 heteroatoms. The summed E-state index contributed by atoms with van der Waals surface area (Å²) in [7, 11) is 1.58. The summed E-state index contributed by atoms with van der Waals surface area (Å²) in [5, 5.41) is 21.6. The minimum absolute atomic E-state index is 0.00291. The average molecular weight is 666 g/mol. The molecule has 3 aromatic heterocycles. The van der Waals surface area contributed by atoms with Crippen molar-refractivity contribution in [2.75, 3.05) is 7.11 Å². The maximum absolute atomic E-state index is 14.4. The van der Waals surface area contributed by atoms with Crippen molar-refractivity contribution in [2.45, 2.75) is 103 Å². The number of hydrogen-bond donors (Lipinski definition) is 2. The number of aliphatic carboxylic acids is 1. The molecule has 0 amide bonds. The minimum Gasteiger partial charge on any atom is -0.496 e. The van der Waals surface area contributed by atoms with Crippen molar-refractivity contribution >= 4 is 27.5 Å². The standard InChI is InChI=1S/C35H43N3O8S/c1-6-7-12-35(43)17-21-15-23(16-22(21)18-35)46-26(24-10-8-9-11-25(24)44-5)19-37-31-27(20(2)28(47-31)29-36-13-14-45-29)30(39)38(33(37)42)34(3,4)32(40)41/h8-11,13-14,21-23,26,43H,6-7,12,15-19H2,1-5H3,(H,40,41). The van der Waals surface area contributed by atoms with Crippen molar-refractivity contribution in [2.24, 2.45) is 11.8 Å². The van der Waals surface area contributed by atoms with E-state index in [2.05, 4.69) is 11.9 Å². The van der Waals surface area contributed by atoms with Crippen LogP contribution in [0.1, 0.15) is 82.9 Å². The SMILES string of the molecule is CCCCC1(O)CC2CC(OC(Cn3c(=O)n(C(C)(C)C(=O)O)c(=O)c4c(C)c(-c5ncco5)sc43)c3ccccc3OC)CC2C1. The number of hydrogen-bond acceptors (Lipinski definition) is 9. The summed E-state index contributed by atoms with van der Waals surface area (Å²) < 4.78 is 20.5. The molecular weight excluding hydrogens is 622 g/mol. The van der Waals surface area contributed by atoms with Gasteiger partial charge in [-0.25, -0.2) is 19.1 Å². The highest BCUT2D eigenvalue weighted by Crippen LogP contribution is 2.52. The molecule has 4 aromatic rings. The molecule has 2 N–H and O–H groups in total. The number of carboxylic acid groups (broad SMARTS) is 1. The van der Waals surface area contributed by atoms with E-state index in [0.29, 0.717) is 38.7 Å². The number of carboxylic acids is 1. The zero-order chi connectivity index (χ0) is 33.7. The zero-order valence-corrected chi connectivity index (χ0v) is 28.3. The van der Waals surface area contributed by atoms with Crippen LogP contribution >= 0.6 is 11.3 Å². The molecule has 1 aromatic carbocycles. The molecule has 0 radical (unpaired) electrons. The van der Waals surface area contributed by atoms with Crippen LogP contribution in [0, 0.1) is 18.8 Å². The second kappa shape index (κ2) is 12.7. The third-order valence-corrected chi connectivity index (χ3v) is 11.5. The lowest BCUT2D eigenvalue weighted by atomic mass is 9.92. The maximum atomic E-state index is 14.4. The molecule has 0 aliphatic heterocycles. The highest BCUT2D eigenvalue weighted by Gasteiger charge is 2.49. The summed E-state index contributed by atoms with van der Waals surface area (Å²) in [6.45, 7) is 6.58. The Bertz CT molecular complexity index is 1870. The molecule has 0 bridgehead atoms. The van der Waals surface area contributed by atoms with E-state index in [1.807, 2.05) is 24.3 Å². The van der Waals surface area contributed by atoms with Crippen molar-refractivity contribution in [3.05, 3.63) is 68.7 Å². The van der Waals surface area contributed by atoms with Gasteiger partial charge in [0.1, 0.15) is 28.5 Å². The number of fused-ring (bicyclic) bond motifs is 2. The summed E-state index contributed by atoms with van der Waals surface area (Å²) >= 11 is 1.21. The first kappa shape index (κ1) is 33.2. The number of para-hydroxylation sites is 1. The molecular formula is C35H43N3O8S. The molecule has 47 heavy (non-hydrogen) atoms. The van der Waals surface area contributed by atoms with Gasteiger partial charge in [0.05, 0.1) is 41.8 Å². The van der Waals surface area contributed by atoms with Crippen LogP contribution in [0.2, 0.25) is 0 Å². The summed E-state index contributed by atoms with van der Waals surface area (Å²) in [4.78, 5) is 46.0. The Hall–Kier alpha value is -3.74. The van der Waals surface area contributed by atoms with Crippen LogP contribution in [-0.4, -0.2) is 49.1 Å².